The summed E-state index contributed by atoms with van der Waals surface area (Å²) in [5.41, 5.74) is 0. The Balaban J connectivity index is 4.16. The number of carboxylic acids is 1. The molecular weight excluding hydrogens is 811 g/mol. The van der Waals surface area contributed by atoms with Crippen molar-refractivity contribution in [2.75, 3.05) is 41.0 Å². The quantitative estimate of drug-likeness (QED) is 0.0281. The maximum Gasteiger partial charge on any atom is 0.362 e. The number of hydrogen-bond donors (Lipinski definition) is 1. The van der Waals surface area contributed by atoms with Gasteiger partial charge in [-0.3, -0.25) is 9.59 Å². The van der Waals surface area contributed by atoms with Gasteiger partial charge in [0.15, 0.2) is 12.1 Å². The summed E-state index contributed by atoms with van der Waals surface area (Å²) in [5.74, 6) is -1.45. The number of rotatable bonds is 51. The summed E-state index contributed by atoms with van der Waals surface area (Å²) in [6, 6.07) is -0.613. The molecule has 2 unspecified atom stereocenters. The summed E-state index contributed by atoms with van der Waals surface area (Å²) >= 11 is 0. The van der Waals surface area contributed by atoms with Crippen molar-refractivity contribution >= 4 is 17.9 Å². The minimum absolute atomic E-state index is 0.0468. The molecular formula is C57H108NO7+. The van der Waals surface area contributed by atoms with Gasteiger partial charge >= 0.3 is 17.9 Å². The van der Waals surface area contributed by atoms with Crippen molar-refractivity contribution in [1.29, 1.82) is 0 Å². The average molecular weight is 919 g/mol. The highest BCUT2D eigenvalue weighted by Gasteiger charge is 2.31. The predicted octanol–water partition coefficient (Wildman–Crippen LogP) is 16.4. The zero-order chi connectivity index (χ0) is 47.7. The highest BCUT2D eigenvalue weighted by molar-refractivity contribution is 5.72. The van der Waals surface area contributed by atoms with Crippen LogP contribution in [0.5, 0.6) is 0 Å². The lowest BCUT2D eigenvalue weighted by atomic mass is 10.0. The van der Waals surface area contributed by atoms with Crippen molar-refractivity contribution in [2.45, 2.75) is 283 Å². The molecule has 8 heteroatoms. The van der Waals surface area contributed by atoms with E-state index in [9.17, 15) is 19.5 Å². The number of ether oxygens (including phenoxy) is 3. The van der Waals surface area contributed by atoms with E-state index in [2.05, 4.69) is 38.2 Å². The molecule has 0 fully saturated rings. The smallest absolute Gasteiger partial charge is 0.362 e. The van der Waals surface area contributed by atoms with Crippen LogP contribution in [0.15, 0.2) is 24.3 Å². The van der Waals surface area contributed by atoms with Crippen LogP contribution < -0.4 is 0 Å². The fourth-order valence-electron chi connectivity index (χ4n) is 8.56. The lowest BCUT2D eigenvalue weighted by Gasteiger charge is -2.31. The number of aliphatic carboxylic acids is 1. The minimum Gasteiger partial charge on any atom is -0.477 e. The van der Waals surface area contributed by atoms with Gasteiger partial charge in [-0.25, -0.2) is 4.79 Å². The summed E-state index contributed by atoms with van der Waals surface area (Å²) in [6.07, 6.45) is 56.6. The molecule has 65 heavy (non-hydrogen) atoms. The molecule has 0 aliphatic carbocycles. The Morgan fingerprint density at radius 3 is 1.17 bits per heavy atom. The fourth-order valence-corrected chi connectivity index (χ4v) is 8.56. The maximum atomic E-state index is 12.8. The number of carbonyl (C=O) groups excluding carboxylic acids is 2. The Bertz CT molecular complexity index is 1120. The van der Waals surface area contributed by atoms with Gasteiger partial charge in [0.2, 0.25) is 0 Å². The first kappa shape index (κ1) is 62.8. The van der Waals surface area contributed by atoms with Crippen LogP contribution in [0.4, 0.5) is 0 Å². The van der Waals surface area contributed by atoms with Crippen molar-refractivity contribution in [3.05, 3.63) is 24.3 Å². The molecule has 0 aliphatic heterocycles. The highest BCUT2D eigenvalue weighted by atomic mass is 16.6. The Hall–Kier alpha value is -2.19. The molecule has 0 aromatic carbocycles. The highest BCUT2D eigenvalue weighted by Crippen LogP contribution is 2.17. The van der Waals surface area contributed by atoms with Gasteiger partial charge in [-0.2, -0.15) is 0 Å². The molecule has 8 nitrogen and oxygen atoms in total. The normalized spacial score (nSPS) is 12.9. The van der Waals surface area contributed by atoms with Gasteiger partial charge < -0.3 is 23.8 Å². The van der Waals surface area contributed by atoms with E-state index in [1.165, 1.54) is 199 Å². The van der Waals surface area contributed by atoms with Gasteiger partial charge in [-0.05, 0) is 38.5 Å². The number of carbonyl (C=O) groups is 3. The topological polar surface area (TPSA) is 99.1 Å². The van der Waals surface area contributed by atoms with Gasteiger partial charge in [-0.1, -0.05) is 237 Å². The van der Waals surface area contributed by atoms with Crippen molar-refractivity contribution < 1.29 is 38.2 Å². The van der Waals surface area contributed by atoms with Crippen LogP contribution in [-0.4, -0.2) is 80.6 Å². The van der Waals surface area contributed by atoms with Crippen molar-refractivity contribution in [2.24, 2.45) is 0 Å². The first-order valence-electron chi connectivity index (χ1n) is 27.9. The van der Waals surface area contributed by atoms with Crippen molar-refractivity contribution in [1.82, 2.24) is 0 Å². The fraction of sp³-hybridized carbons (Fsp3) is 0.877. The number of carboxylic acid groups (broad SMARTS) is 1. The number of unbranched alkanes of at least 4 members (excludes halogenated alkanes) is 34. The number of likely N-dealkylation sites (N-methyl/N-ethyl adjacent to an activating group) is 1. The zero-order valence-corrected chi connectivity index (χ0v) is 43.7. The van der Waals surface area contributed by atoms with Gasteiger partial charge in [-0.15, -0.1) is 0 Å². The number of hydrogen-bond acceptors (Lipinski definition) is 6. The number of esters is 2. The maximum absolute atomic E-state index is 12.8. The van der Waals surface area contributed by atoms with E-state index in [1.54, 1.807) is 0 Å². The molecule has 0 bridgehead atoms. The second-order valence-electron chi connectivity index (χ2n) is 20.2. The molecule has 0 aliphatic rings. The summed E-state index contributed by atoms with van der Waals surface area (Å²) in [7, 11) is 5.55. The van der Waals surface area contributed by atoms with E-state index in [0.717, 1.165) is 38.5 Å². The molecule has 2 atom stereocenters. The molecule has 0 aromatic rings. The van der Waals surface area contributed by atoms with Gasteiger partial charge in [0.25, 0.3) is 0 Å². The van der Waals surface area contributed by atoms with Crippen molar-refractivity contribution in [3.63, 3.8) is 0 Å². The molecule has 0 radical (unpaired) electrons. The van der Waals surface area contributed by atoms with Gasteiger partial charge in [0.1, 0.15) is 6.61 Å². The van der Waals surface area contributed by atoms with E-state index in [0.29, 0.717) is 19.3 Å². The lowest BCUT2D eigenvalue weighted by molar-refractivity contribution is -0.887. The molecule has 0 rings (SSSR count). The summed E-state index contributed by atoms with van der Waals surface area (Å²) in [4.78, 5) is 37.2. The van der Waals surface area contributed by atoms with Crippen LogP contribution in [0.25, 0.3) is 0 Å². The Morgan fingerprint density at radius 2 is 0.800 bits per heavy atom. The first-order chi connectivity index (χ1) is 31.6. The van der Waals surface area contributed by atoms with Crippen LogP contribution in [-0.2, 0) is 28.6 Å². The zero-order valence-electron chi connectivity index (χ0n) is 43.7. The Kier molecular flexibility index (Phi) is 46.6. The van der Waals surface area contributed by atoms with Gasteiger partial charge in [0.05, 0.1) is 34.4 Å². The van der Waals surface area contributed by atoms with Crippen LogP contribution >= 0.6 is 0 Å². The van der Waals surface area contributed by atoms with Gasteiger partial charge in [0, 0.05) is 19.3 Å². The van der Waals surface area contributed by atoms with Crippen molar-refractivity contribution in [3.8, 4) is 0 Å². The van der Waals surface area contributed by atoms with Crippen LogP contribution in [0.1, 0.15) is 271 Å². The molecule has 1 N–H and O–H groups in total. The second kappa shape index (κ2) is 48.3. The van der Waals surface area contributed by atoms with E-state index >= 15 is 0 Å². The lowest BCUT2D eigenvalue weighted by Crippen LogP contribution is -2.50. The third kappa shape index (κ3) is 46.7. The standard InChI is InChI=1S/C57H107NO7/c1-6-8-10-12-14-16-18-20-22-24-26-28-30-31-33-35-37-39-41-43-45-47-55(59)64-52-53(51-63-50-49-54(57(61)62)58(3,4)5)65-56(60)48-46-44-42-40-38-36-34-32-29-27-25-23-21-19-17-15-13-11-9-7-2/h17,19,21,23,53-54H,6-16,18,20,22,24-52H2,1-5H3/p+1/b19-17+,23-21+. The largest absolute Gasteiger partial charge is 0.477 e. The molecule has 0 spiro atoms. The third-order valence-corrected chi connectivity index (χ3v) is 12.9. The summed E-state index contributed by atoms with van der Waals surface area (Å²) < 4.78 is 17.4. The Morgan fingerprint density at radius 1 is 0.462 bits per heavy atom. The van der Waals surface area contributed by atoms with Crippen LogP contribution in [0.3, 0.4) is 0 Å². The van der Waals surface area contributed by atoms with Crippen LogP contribution in [0.2, 0.25) is 0 Å². The molecule has 0 heterocycles. The van der Waals surface area contributed by atoms with E-state index in [4.69, 9.17) is 14.2 Å². The van der Waals surface area contributed by atoms with E-state index in [1.807, 2.05) is 21.1 Å². The number of quaternary nitrogens is 1. The number of nitrogens with zero attached hydrogens (tertiary/aromatic N) is 1. The first-order valence-corrected chi connectivity index (χ1v) is 27.9. The second-order valence-corrected chi connectivity index (χ2v) is 20.2. The molecule has 0 saturated carbocycles. The van der Waals surface area contributed by atoms with Crippen LogP contribution in [0, 0.1) is 0 Å². The summed E-state index contributed by atoms with van der Waals surface area (Å²) in [5, 5.41) is 9.67. The SMILES string of the molecule is CCCCCC/C=C/C=C/CCCCCCCCCCCCC(=O)OC(COCCC(C(=O)O)[N+](C)(C)C)COC(=O)CCCCCCCCCCCCCCCCCCCCCCC. The minimum atomic E-state index is -0.871. The molecule has 0 amide bonds. The number of allylic oxidation sites excluding steroid dienone is 4. The molecule has 382 valence electrons. The van der Waals surface area contributed by atoms with E-state index < -0.39 is 18.1 Å². The monoisotopic (exact) mass is 919 g/mol. The molecule has 0 aromatic heterocycles. The average Bonchev–Trinajstić information content (AvgIpc) is 3.27. The molecule has 0 saturated heterocycles. The van der Waals surface area contributed by atoms with E-state index in [-0.39, 0.29) is 36.2 Å². The summed E-state index contributed by atoms with van der Waals surface area (Å²) in [6.45, 7) is 4.77. The predicted molar refractivity (Wildman–Crippen MR) is 275 cm³/mol. The third-order valence-electron chi connectivity index (χ3n) is 12.9. The Labute approximate surface area is 402 Å².